The van der Waals surface area contributed by atoms with Gasteiger partial charge in [-0.05, 0) is 63.5 Å². The summed E-state index contributed by atoms with van der Waals surface area (Å²) < 4.78 is 0. The number of nitrogens with one attached hydrogen (secondary N) is 3. The van der Waals surface area contributed by atoms with Crippen molar-refractivity contribution >= 4 is 51.8 Å². The fraction of sp³-hybridized carbons (Fsp3) is 0.500. The standard InChI is InChI=1S/C26H32Cl2N6O2/c1-34(2)24-17-5-3-4-6-20(17)32-26(33-24)30-16-9-7-15(8-10-16)29-13-18-22-19(28)11-14(27)12-21(22)31-23(18)25(35)36/h11-12,15-16,29,31H,3-10,13H2,1-2H3,(H,35,36)(H,30,32,33). The van der Waals surface area contributed by atoms with Crippen LogP contribution in [0.1, 0.15) is 65.8 Å². The number of H-pyrrole nitrogens is 1. The van der Waals surface area contributed by atoms with Crippen LogP contribution in [0.15, 0.2) is 12.1 Å². The third kappa shape index (κ3) is 5.12. The van der Waals surface area contributed by atoms with Gasteiger partial charge in [0.2, 0.25) is 5.95 Å². The summed E-state index contributed by atoms with van der Waals surface area (Å²) in [4.78, 5) is 26.6. The zero-order valence-electron chi connectivity index (χ0n) is 20.6. The topological polar surface area (TPSA) is 106 Å². The Morgan fingerprint density at radius 3 is 2.56 bits per heavy atom. The first-order chi connectivity index (χ1) is 17.3. The summed E-state index contributed by atoms with van der Waals surface area (Å²) in [6.07, 6.45) is 8.40. The highest BCUT2D eigenvalue weighted by Crippen LogP contribution is 2.33. The lowest BCUT2D eigenvalue weighted by Gasteiger charge is -2.30. The minimum Gasteiger partial charge on any atom is -0.477 e. The highest BCUT2D eigenvalue weighted by atomic mass is 35.5. The first-order valence-electron chi connectivity index (χ1n) is 12.6. The van der Waals surface area contributed by atoms with Gasteiger partial charge in [-0.25, -0.2) is 9.78 Å². The molecule has 1 aromatic carbocycles. The van der Waals surface area contributed by atoms with Crippen molar-refractivity contribution in [2.24, 2.45) is 0 Å². The van der Waals surface area contributed by atoms with E-state index in [1.54, 1.807) is 12.1 Å². The number of halogens is 2. The van der Waals surface area contributed by atoms with E-state index < -0.39 is 5.97 Å². The molecule has 2 aliphatic rings. The van der Waals surface area contributed by atoms with Crippen molar-refractivity contribution in [3.05, 3.63) is 44.7 Å². The highest BCUT2D eigenvalue weighted by molar-refractivity contribution is 6.39. The lowest BCUT2D eigenvalue weighted by molar-refractivity contribution is 0.0690. The Balaban J connectivity index is 1.23. The van der Waals surface area contributed by atoms with Crippen LogP contribution in [-0.4, -0.2) is 52.2 Å². The molecule has 10 heteroatoms. The molecule has 192 valence electrons. The Morgan fingerprint density at radius 1 is 1.11 bits per heavy atom. The number of rotatable bonds is 7. The lowest BCUT2D eigenvalue weighted by atomic mass is 9.91. The van der Waals surface area contributed by atoms with Crippen LogP contribution in [0.2, 0.25) is 10.0 Å². The zero-order valence-corrected chi connectivity index (χ0v) is 22.1. The van der Waals surface area contributed by atoms with Gasteiger partial charge < -0.3 is 25.6 Å². The van der Waals surface area contributed by atoms with Crippen molar-refractivity contribution in [1.29, 1.82) is 0 Å². The molecule has 0 radical (unpaired) electrons. The molecule has 0 aliphatic heterocycles. The fourth-order valence-electron chi connectivity index (χ4n) is 5.55. The van der Waals surface area contributed by atoms with Gasteiger partial charge in [0, 0.05) is 59.8 Å². The van der Waals surface area contributed by atoms with Crippen molar-refractivity contribution in [3.63, 3.8) is 0 Å². The van der Waals surface area contributed by atoms with Crippen LogP contribution in [0.5, 0.6) is 0 Å². The number of hydrogen-bond donors (Lipinski definition) is 4. The average Bonchev–Trinajstić information content (AvgIpc) is 3.22. The summed E-state index contributed by atoms with van der Waals surface area (Å²) in [5.41, 5.74) is 3.93. The van der Waals surface area contributed by atoms with Crippen LogP contribution in [-0.2, 0) is 19.4 Å². The normalized spacial score (nSPS) is 19.8. The van der Waals surface area contributed by atoms with Crippen LogP contribution in [0.25, 0.3) is 10.9 Å². The Bertz CT molecular complexity index is 1280. The van der Waals surface area contributed by atoms with Crippen LogP contribution in [0, 0.1) is 0 Å². The molecule has 4 N–H and O–H groups in total. The quantitative estimate of drug-likeness (QED) is 0.323. The third-order valence-corrected chi connectivity index (χ3v) is 7.86. The maximum Gasteiger partial charge on any atom is 0.352 e. The third-order valence-electron chi connectivity index (χ3n) is 7.34. The first kappa shape index (κ1) is 25.1. The number of hydrogen-bond acceptors (Lipinski definition) is 6. The van der Waals surface area contributed by atoms with E-state index in [0.717, 1.165) is 50.3 Å². The average molecular weight is 531 g/mol. The molecule has 0 unspecified atom stereocenters. The van der Waals surface area contributed by atoms with E-state index in [-0.39, 0.29) is 5.69 Å². The number of fused-ring (bicyclic) bond motifs is 2. The monoisotopic (exact) mass is 530 g/mol. The fourth-order valence-corrected chi connectivity index (χ4v) is 6.16. The molecular weight excluding hydrogens is 499 g/mol. The second kappa shape index (κ2) is 10.4. The van der Waals surface area contributed by atoms with Crippen molar-refractivity contribution in [3.8, 4) is 0 Å². The van der Waals surface area contributed by atoms with Crippen LogP contribution in [0.4, 0.5) is 11.8 Å². The van der Waals surface area contributed by atoms with Gasteiger partial charge in [-0.1, -0.05) is 23.2 Å². The van der Waals surface area contributed by atoms with Crippen molar-refractivity contribution in [2.45, 2.75) is 70.0 Å². The molecule has 3 aromatic rings. The van der Waals surface area contributed by atoms with E-state index >= 15 is 0 Å². The van der Waals surface area contributed by atoms with Gasteiger partial charge in [0.25, 0.3) is 0 Å². The molecule has 2 aliphatic carbocycles. The van der Waals surface area contributed by atoms with Gasteiger partial charge in [0.15, 0.2) is 0 Å². The number of nitrogens with zero attached hydrogens (tertiary/aromatic N) is 3. The maximum absolute atomic E-state index is 11.9. The Morgan fingerprint density at radius 2 is 1.83 bits per heavy atom. The van der Waals surface area contributed by atoms with Gasteiger partial charge in [-0.3, -0.25) is 0 Å². The largest absolute Gasteiger partial charge is 0.477 e. The molecule has 5 rings (SSSR count). The van der Waals surface area contributed by atoms with Crippen molar-refractivity contribution in [2.75, 3.05) is 24.3 Å². The summed E-state index contributed by atoms with van der Waals surface area (Å²) in [6, 6.07) is 3.97. The number of anilines is 2. The highest BCUT2D eigenvalue weighted by Gasteiger charge is 2.25. The minimum absolute atomic E-state index is 0.151. The number of carboxylic acids is 1. The van der Waals surface area contributed by atoms with E-state index in [1.165, 1.54) is 24.1 Å². The Hall–Kier alpha value is -2.55. The number of aromatic nitrogens is 3. The summed E-state index contributed by atoms with van der Waals surface area (Å²) >= 11 is 12.5. The number of aromatic amines is 1. The molecule has 1 saturated carbocycles. The summed E-state index contributed by atoms with van der Waals surface area (Å²) in [5.74, 6) is 0.754. The molecule has 0 atom stereocenters. The van der Waals surface area contributed by atoms with Gasteiger partial charge >= 0.3 is 5.97 Å². The molecular formula is C26H32Cl2N6O2. The minimum atomic E-state index is -1.01. The zero-order chi connectivity index (χ0) is 25.4. The van der Waals surface area contributed by atoms with E-state index in [0.29, 0.717) is 45.1 Å². The van der Waals surface area contributed by atoms with Crippen LogP contribution in [0.3, 0.4) is 0 Å². The second-order valence-electron chi connectivity index (χ2n) is 10.1. The second-order valence-corrected chi connectivity index (χ2v) is 10.9. The molecule has 2 heterocycles. The predicted octanol–water partition coefficient (Wildman–Crippen LogP) is 5.42. The number of aryl methyl sites for hydroxylation is 1. The molecule has 0 saturated heterocycles. The lowest BCUT2D eigenvalue weighted by Crippen LogP contribution is -2.37. The van der Waals surface area contributed by atoms with E-state index in [1.807, 2.05) is 14.1 Å². The molecule has 2 aromatic heterocycles. The van der Waals surface area contributed by atoms with Crippen molar-refractivity contribution < 1.29 is 9.90 Å². The van der Waals surface area contributed by atoms with Gasteiger partial charge in [0.05, 0.1) is 10.7 Å². The van der Waals surface area contributed by atoms with E-state index in [4.69, 9.17) is 33.2 Å². The smallest absolute Gasteiger partial charge is 0.352 e. The number of carboxylic acid groups (broad SMARTS) is 1. The molecule has 1 fully saturated rings. The molecule has 36 heavy (non-hydrogen) atoms. The maximum atomic E-state index is 11.9. The number of carbonyl (C=O) groups is 1. The summed E-state index contributed by atoms with van der Waals surface area (Å²) in [7, 11) is 4.09. The van der Waals surface area contributed by atoms with Gasteiger partial charge in [-0.2, -0.15) is 4.98 Å². The van der Waals surface area contributed by atoms with Gasteiger partial charge in [0.1, 0.15) is 11.5 Å². The Labute approximate surface area is 220 Å². The molecule has 0 spiro atoms. The van der Waals surface area contributed by atoms with E-state index in [9.17, 15) is 9.90 Å². The summed E-state index contributed by atoms with van der Waals surface area (Å²) in [5, 5.41) is 18.5. The number of aromatic carboxylic acids is 1. The molecule has 8 nitrogen and oxygen atoms in total. The molecule has 0 amide bonds. The van der Waals surface area contributed by atoms with Crippen molar-refractivity contribution in [1.82, 2.24) is 20.3 Å². The predicted molar refractivity (Wildman–Crippen MR) is 145 cm³/mol. The van der Waals surface area contributed by atoms with Crippen LogP contribution >= 0.6 is 23.2 Å². The van der Waals surface area contributed by atoms with Gasteiger partial charge in [-0.15, -0.1) is 0 Å². The first-order valence-corrected chi connectivity index (χ1v) is 13.4. The number of benzene rings is 1. The Kier molecular flexibility index (Phi) is 7.28. The summed E-state index contributed by atoms with van der Waals surface area (Å²) in [6.45, 7) is 0.422. The van der Waals surface area contributed by atoms with Crippen LogP contribution < -0.4 is 15.5 Å². The SMILES string of the molecule is CN(C)c1nc(NC2CCC(NCc3c(C(=O)O)[nH]c4cc(Cl)cc(Cl)c34)CC2)nc2c1CCCC2. The molecule has 0 bridgehead atoms. The van der Waals surface area contributed by atoms with E-state index in [2.05, 4.69) is 20.5 Å².